The smallest absolute Gasteiger partial charge is 0.252 e. The summed E-state index contributed by atoms with van der Waals surface area (Å²) in [5.74, 6) is 2.56. The first-order valence-corrected chi connectivity index (χ1v) is 33.4. The van der Waals surface area contributed by atoms with Gasteiger partial charge >= 0.3 is 0 Å². The molecule has 5 atom stereocenters. The third kappa shape index (κ3) is 7.27. The second kappa shape index (κ2) is 17.4. The van der Waals surface area contributed by atoms with Gasteiger partial charge in [0.25, 0.3) is 6.71 Å². The van der Waals surface area contributed by atoms with Crippen LogP contribution in [0, 0.1) is 23.7 Å². The molecule has 0 N–H and O–H groups in total. The Bertz CT molecular complexity index is 4320. The largest absolute Gasteiger partial charge is 0.456 e. The summed E-state index contributed by atoms with van der Waals surface area (Å²) in [5, 5.41) is 2.28. The molecule has 10 aromatic rings. The van der Waals surface area contributed by atoms with E-state index in [0.29, 0.717) is 11.8 Å². The van der Waals surface area contributed by atoms with Crippen molar-refractivity contribution in [2.45, 2.75) is 108 Å². The number of para-hydroxylation sites is 2. The van der Waals surface area contributed by atoms with Gasteiger partial charge in [0.2, 0.25) is 0 Å². The standard InChI is InChI=1S/C77H76BN3OS/c1-74(2,3)48-26-31-52(32-27-48)79(54-35-37-69-58(42-54)56-22-17-19-25-68(56)82-69)64-45-67-73(70-57-23-16-18-24-59(57)77(71(64)70)60-39-46-38-47(60)40-61(46)77)78-62-41-50(76(7,8)9)30-36-63(62)80(53-33-28-49(29-34-53)75(4,5)6)65-43-55(83(10,11)12)44-66(72(65)78)81(67)51-20-14-13-15-21-51/h13-37,41-47,60-61H,38-40H2,1-12H3/t46-,47?,60?,61?,77?/m0/s1. The van der Waals surface area contributed by atoms with E-state index in [1.807, 2.05) is 0 Å². The zero-order valence-electron chi connectivity index (χ0n) is 50.5. The lowest BCUT2D eigenvalue weighted by Gasteiger charge is -2.47. The van der Waals surface area contributed by atoms with E-state index in [4.69, 9.17) is 4.42 Å². The van der Waals surface area contributed by atoms with E-state index in [9.17, 15) is 0 Å². The van der Waals surface area contributed by atoms with Gasteiger partial charge in [-0.3, -0.25) is 0 Å². The Labute approximate surface area is 494 Å². The van der Waals surface area contributed by atoms with Crippen molar-refractivity contribution in [3.05, 3.63) is 210 Å². The van der Waals surface area contributed by atoms with Crippen molar-refractivity contribution in [1.82, 2.24) is 0 Å². The van der Waals surface area contributed by atoms with Gasteiger partial charge in [0, 0.05) is 61.7 Å². The highest BCUT2D eigenvalue weighted by Gasteiger charge is 2.72. The highest BCUT2D eigenvalue weighted by atomic mass is 32.3. The normalized spacial score (nSPS) is 21.0. The van der Waals surface area contributed by atoms with Gasteiger partial charge in [-0.15, -0.1) is 0 Å². The number of hydrogen-bond donors (Lipinski definition) is 0. The molecule has 0 radical (unpaired) electrons. The number of nitrogens with zero attached hydrogens (tertiary/aromatic N) is 3. The minimum Gasteiger partial charge on any atom is -0.456 e. The molecule has 17 rings (SSSR count). The van der Waals surface area contributed by atoms with Crippen LogP contribution in [0.4, 0.5) is 51.2 Å². The Balaban J connectivity index is 1.08. The van der Waals surface area contributed by atoms with E-state index < -0.39 is 10.0 Å². The second-order valence-electron chi connectivity index (χ2n) is 29.3. The van der Waals surface area contributed by atoms with Gasteiger partial charge in [0.05, 0.1) is 5.69 Å². The molecule has 4 unspecified atom stereocenters. The van der Waals surface area contributed by atoms with Crippen LogP contribution >= 0.6 is 10.0 Å². The lowest BCUT2D eigenvalue weighted by molar-refractivity contribution is 0.307. The van der Waals surface area contributed by atoms with E-state index in [-0.39, 0.29) is 28.4 Å². The first-order chi connectivity index (χ1) is 39.7. The topological polar surface area (TPSA) is 22.9 Å². The predicted octanol–water partition coefficient (Wildman–Crippen LogP) is 19.0. The molecule has 1 aromatic heterocycles. The van der Waals surface area contributed by atoms with Crippen LogP contribution in [0.15, 0.2) is 191 Å². The van der Waals surface area contributed by atoms with Gasteiger partial charge in [-0.25, -0.2) is 10.0 Å². The van der Waals surface area contributed by atoms with E-state index in [0.717, 1.165) is 39.5 Å². The monoisotopic (exact) mass is 1100 g/mol. The predicted molar refractivity (Wildman–Crippen MR) is 356 cm³/mol. The van der Waals surface area contributed by atoms with Crippen molar-refractivity contribution in [2.24, 2.45) is 23.7 Å². The molecule has 6 heteroatoms. The van der Waals surface area contributed by atoms with Crippen LogP contribution in [0.1, 0.15) is 109 Å². The molecule has 83 heavy (non-hydrogen) atoms. The average molecular weight is 1100 g/mol. The molecule has 2 aliphatic heterocycles. The Morgan fingerprint density at radius 1 is 0.494 bits per heavy atom. The minimum absolute atomic E-state index is 0.00846. The second-order valence-corrected chi connectivity index (χ2v) is 33.5. The van der Waals surface area contributed by atoms with Crippen LogP contribution in [0.2, 0.25) is 0 Å². The third-order valence-corrected chi connectivity index (χ3v) is 22.5. The van der Waals surface area contributed by atoms with Crippen molar-refractivity contribution in [3.8, 4) is 11.1 Å². The van der Waals surface area contributed by atoms with Crippen LogP contribution in [-0.4, -0.2) is 25.5 Å². The third-order valence-electron chi connectivity index (χ3n) is 20.8. The molecular formula is C77H76BN3OS. The lowest BCUT2D eigenvalue weighted by atomic mass is 9.32. The lowest BCUT2D eigenvalue weighted by Crippen LogP contribution is -2.62. The maximum absolute atomic E-state index is 6.63. The molecule has 9 aromatic carbocycles. The SMILES string of the molecule is CC(C)(C)c1ccc(N(c2ccc3oc4ccccc4c3c2)c2cc3c(c4c2C2(c5ccccc5-4)C4C[C@@H]5CC4CC52)B2c4cc(C(C)(C)C)ccc4N(c4ccc(C(C)(C)C)cc4)c4cc(S(C)(C)C)cc(c42)N3c2ccccc2)cc1. The Kier molecular flexibility index (Phi) is 10.7. The summed E-state index contributed by atoms with van der Waals surface area (Å²) in [6.45, 7) is 21.1. The van der Waals surface area contributed by atoms with Gasteiger partial charge in [-0.05, 0) is 223 Å². The van der Waals surface area contributed by atoms with Crippen LogP contribution in [0.3, 0.4) is 0 Å². The van der Waals surface area contributed by atoms with Gasteiger partial charge in [0.15, 0.2) is 0 Å². The summed E-state index contributed by atoms with van der Waals surface area (Å²) in [5.41, 5.74) is 26.9. The molecule has 0 saturated heterocycles. The number of furan rings is 1. The molecule has 7 aliphatic rings. The van der Waals surface area contributed by atoms with Gasteiger partial charge in [-0.1, -0.05) is 159 Å². The molecule has 0 amide bonds. The summed E-state index contributed by atoms with van der Waals surface area (Å²) in [4.78, 5) is 9.46. The molecule has 414 valence electrons. The van der Waals surface area contributed by atoms with Gasteiger partial charge in [0.1, 0.15) is 11.2 Å². The maximum atomic E-state index is 6.63. The van der Waals surface area contributed by atoms with E-state index >= 15 is 0 Å². The van der Waals surface area contributed by atoms with Crippen LogP contribution in [0.5, 0.6) is 0 Å². The summed E-state index contributed by atoms with van der Waals surface area (Å²) < 4.78 is 6.63. The zero-order chi connectivity index (χ0) is 57.0. The number of fused-ring (bicyclic) bond motifs is 11. The first kappa shape index (κ1) is 51.3. The highest BCUT2D eigenvalue weighted by Crippen LogP contribution is 2.78. The molecule has 3 heterocycles. The number of rotatable bonds is 6. The summed E-state index contributed by atoms with van der Waals surface area (Å²) in [7, 11) is -1.26. The maximum Gasteiger partial charge on any atom is 0.252 e. The molecule has 4 bridgehead atoms. The van der Waals surface area contributed by atoms with E-state index in [2.05, 4.69) is 278 Å². The molecule has 5 aliphatic carbocycles. The molecule has 4 fully saturated rings. The Morgan fingerprint density at radius 3 is 1.70 bits per heavy atom. The summed E-state index contributed by atoms with van der Waals surface area (Å²) in [6.07, 6.45) is 11.4. The number of anilines is 9. The van der Waals surface area contributed by atoms with Crippen molar-refractivity contribution >= 4 is 106 Å². The van der Waals surface area contributed by atoms with Crippen LogP contribution < -0.4 is 31.1 Å². The minimum atomic E-state index is -1.26. The van der Waals surface area contributed by atoms with E-state index in [1.54, 1.807) is 11.1 Å². The van der Waals surface area contributed by atoms with Crippen LogP contribution in [-0.2, 0) is 21.7 Å². The van der Waals surface area contributed by atoms with Crippen molar-refractivity contribution in [3.63, 3.8) is 0 Å². The molecular weight excluding hydrogens is 1030 g/mol. The summed E-state index contributed by atoms with van der Waals surface area (Å²) in [6, 6.07) is 71.5. The quantitative estimate of drug-likeness (QED) is 0.155. The molecule has 4 nitrogen and oxygen atoms in total. The fourth-order valence-corrected chi connectivity index (χ4v) is 18.0. The molecule has 4 saturated carbocycles. The van der Waals surface area contributed by atoms with E-state index in [1.165, 1.54) is 114 Å². The van der Waals surface area contributed by atoms with Crippen molar-refractivity contribution in [2.75, 3.05) is 33.5 Å². The number of hydrogen-bond acceptors (Lipinski definition) is 4. The number of benzene rings is 9. The fraction of sp³-hybridized carbons (Fsp3) is 0.299. The zero-order valence-corrected chi connectivity index (χ0v) is 51.3. The molecule has 1 spiro atoms. The first-order valence-electron chi connectivity index (χ1n) is 30.6. The fourth-order valence-electron chi connectivity index (χ4n) is 17.1. The van der Waals surface area contributed by atoms with Gasteiger partial charge < -0.3 is 19.1 Å². The highest BCUT2D eigenvalue weighted by molar-refractivity contribution is 8.32. The summed E-state index contributed by atoms with van der Waals surface area (Å²) >= 11 is 0. The van der Waals surface area contributed by atoms with Crippen LogP contribution in [0.25, 0.3) is 33.1 Å². The Hall–Kier alpha value is -7.41. The average Bonchev–Trinajstić information content (AvgIpc) is 1.52. The van der Waals surface area contributed by atoms with Crippen molar-refractivity contribution in [1.29, 1.82) is 0 Å². The Morgan fingerprint density at radius 2 is 1.05 bits per heavy atom. The van der Waals surface area contributed by atoms with Gasteiger partial charge in [-0.2, -0.15) is 0 Å². The van der Waals surface area contributed by atoms with Crippen molar-refractivity contribution < 1.29 is 4.42 Å².